The van der Waals surface area contributed by atoms with Crippen LogP contribution in [0.3, 0.4) is 0 Å². The minimum absolute atomic E-state index is 0.547. The molecule has 0 amide bonds. The molecular formula is C15H22N4O2. The predicted molar refractivity (Wildman–Crippen MR) is 77.4 cm³/mol. The second-order valence-corrected chi connectivity index (χ2v) is 5.84. The Morgan fingerprint density at radius 2 is 2.24 bits per heavy atom. The van der Waals surface area contributed by atoms with Gasteiger partial charge in [-0.3, -0.25) is 9.58 Å². The van der Waals surface area contributed by atoms with Gasteiger partial charge in [0.05, 0.1) is 25.1 Å². The minimum atomic E-state index is -0.547. The molecule has 0 bridgehead atoms. The molecule has 21 heavy (non-hydrogen) atoms. The smallest absolute Gasteiger partial charge is 0.117 e. The molecule has 0 aromatic carbocycles. The SMILES string of the molecule is C[C@@H](O)c1cn(CC2CCN(Cc3ccco3)CC2)nn1. The van der Waals surface area contributed by atoms with Gasteiger partial charge in [-0.25, -0.2) is 0 Å². The van der Waals surface area contributed by atoms with E-state index in [1.165, 1.54) is 0 Å². The second kappa shape index (κ2) is 6.41. The van der Waals surface area contributed by atoms with Crippen LogP contribution in [0.5, 0.6) is 0 Å². The van der Waals surface area contributed by atoms with Gasteiger partial charge in [-0.15, -0.1) is 5.10 Å². The lowest BCUT2D eigenvalue weighted by Crippen LogP contribution is -2.34. The van der Waals surface area contributed by atoms with E-state index in [1.807, 2.05) is 23.0 Å². The fourth-order valence-electron chi connectivity index (χ4n) is 2.81. The van der Waals surface area contributed by atoms with Crippen molar-refractivity contribution in [3.63, 3.8) is 0 Å². The minimum Gasteiger partial charge on any atom is -0.468 e. The number of hydrogen-bond acceptors (Lipinski definition) is 5. The Morgan fingerprint density at radius 1 is 1.43 bits per heavy atom. The number of aliphatic hydroxyl groups excluding tert-OH is 1. The Labute approximate surface area is 124 Å². The maximum Gasteiger partial charge on any atom is 0.117 e. The van der Waals surface area contributed by atoms with Gasteiger partial charge in [0.2, 0.25) is 0 Å². The van der Waals surface area contributed by atoms with Crippen molar-refractivity contribution in [2.75, 3.05) is 13.1 Å². The maximum absolute atomic E-state index is 9.47. The molecule has 0 unspecified atom stereocenters. The zero-order chi connectivity index (χ0) is 14.7. The normalized spacial score (nSPS) is 19.0. The molecule has 2 aromatic heterocycles. The summed E-state index contributed by atoms with van der Waals surface area (Å²) >= 11 is 0. The molecule has 6 heteroatoms. The number of rotatable bonds is 5. The summed E-state index contributed by atoms with van der Waals surface area (Å²) in [5.41, 5.74) is 0.644. The summed E-state index contributed by atoms with van der Waals surface area (Å²) in [6.07, 6.45) is 5.34. The van der Waals surface area contributed by atoms with Crippen molar-refractivity contribution >= 4 is 0 Å². The topological polar surface area (TPSA) is 67.3 Å². The first-order chi connectivity index (χ1) is 10.2. The van der Waals surface area contributed by atoms with Crippen LogP contribution in [0.25, 0.3) is 0 Å². The van der Waals surface area contributed by atoms with Crippen LogP contribution in [-0.2, 0) is 13.1 Å². The summed E-state index contributed by atoms with van der Waals surface area (Å²) in [7, 11) is 0. The first-order valence-corrected chi connectivity index (χ1v) is 7.53. The molecule has 1 aliphatic rings. The summed E-state index contributed by atoms with van der Waals surface area (Å²) in [5.74, 6) is 1.66. The molecule has 114 valence electrons. The van der Waals surface area contributed by atoms with E-state index >= 15 is 0 Å². The zero-order valence-corrected chi connectivity index (χ0v) is 12.4. The average molecular weight is 290 g/mol. The lowest BCUT2D eigenvalue weighted by molar-refractivity contribution is 0.155. The molecule has 0 spiro atoms. The average Bonchev–Trinajstić information content (AvgIpc) is 3.12. The summed E-state index contributed by atoms with van der Waals surface area (Å²) in [6.45, 7) is 5.66. The first-order valence-electron chi connectivity index (χ1n) is 7.53. The molecule has 0 radical (unpaired) electrons. The number of piperidine rings is 1. The monoisotopic (exact) mass is 290 g/mol. The molecule has 2 aromatic rings. The number of nitrogens with zero attached hydrogens (tertiary/aromatic N) is 4. The van der Waals surface area contributed by atoms with Crippen LogP contribution in [0.1, 0.15) is 37.3 Å². The third-order valence-corrected chi connectivity index (χ3v) is 4.10. The van der Waals surface area contributed by atoms with Gasteiger partial charge in [0.25, 0.3) is 0 Å². The molecule has 1 aliphatic heterocycles. The van der Waals surface area contributed by atoms with E-state index in [-0.39, 0.29) is 0 Å². The molecule has 1 fully saturated rings. The molecular weight excluding hydrogens is 268 g/mol. The highest BCUT2D eigenvalue weighted by molar-refractivity contribution is 4.98. The Balaban J connectivity index is 1.47. The molecule has 0 saturated carbocycles. The van der Waals surface area contributed by atoms with E-state index in [0.717, 1.165) is 44.8 Å². The lowest BCUT2D eigenvalue weighted by atomic mass is 9.97. The van der Waals surface area contributed by atoms with Crippen LogP contribution in [0, 0.1) is 5.92 Å². The second-order valence-electron chi connectivity index (χ2n) is 5.84. The van der Waals surface area contributed by atoms with Crippen LogP contribution in [0.15, 0.2) is 29.0 Å². The quantitative estimate of drug-likeness (QED) is 0.910. The van der Waals surface area contributed by atoms with Crippen LogP contribution in [0.2, 0.25) is 0 Å². The number of likely N-dealkylation sites (tertiary alicyclic amines) is 1. The van der Waals surface area contributed by atoms with Crippen LogP contribution >= 0.6 is 0 Å². The van der Waals surface area contributed by atoms with Crippen molar-refractivity contribution < 1.29 is 9.52 Å². The summed E-state index contributed by atoms with van der Waals surface area (Å²) in [6, 6.07) is 3.96. The highest BCUT2D eigenvalue weighted by Crippen LogP contribution is 2.21. The van der Waals surface area contributed by atoms with Crippen molar-refractivity contribution in [2.24, 2.45) is 5.92 Å². The summed E-state index contributed by atoms with van der Waals surface area (Å²) in [5, 5.41) is 17.5. The Bertz CT molecular complexity index is 542. The Hall–Kier alpha value is -1.66. The van der Waals surface area contributed by atoms with Gasteiger partial charge in [0.1, 0.15) is 11.5 Å². The van der Waals surface area contributed by atoms with E-state index in [4.69, 9.17) is 4.42 Å². The van der Waals surface area contributed by atoms with Crippen LogP contribution < -0.4 is 0 Å². The fraction of sp³-hybridized carbons (Fsp3) is 0.600. The summed E-state index contributed by atoms with van der Waals surface area (Å²) in [4.78, 5) is 2.43. The maximum atomic E-state index is 9.47. The number of hydrogen-bond donors (Lipinski definition) is 1. The van der Waals surface area contributed by atoms with E-state index < -0.39 is 6.10 Å². The third-order valence-electron chi connectivity index (χ3n) is 4.10. The number of furan rings is 1. The van der Waals surface area contributed by atoms with Crippen molar-refractivity contribution in [2.45, 2.75) is 39.0 Å². The van der Waals surface area contributed by atoms with Gasteiger partial charge in [-0.05, 0) is 50.9 Å². The van der Waals surface area contributed by atoms with E-state index in [0.29, 0.717) is 11.6 Å². The van der Waals surface area contributed by atoms with Crippen molar-refractivity contribution in [1.29, 1.82) is 0 Å². The largest absolute Gasteiger partial charge is 0.468 e. The van der Waals surface area contributed by atoms with Gasteiger partial charge < -0.3 is 9.52 Å². The first kappa shape index (κ1) is 14.3. The van der Waals surface area contributed by atoms with Crippen molar-refractivity contribution in [3.8, 4) is 0 Å². The predicted octanol–water partition coefficient (Wildman–Crippen LogP) is 1.84. The van der Waals surface area contributed by atoms with E-state index in [1.54, 1.807) is 13.2 Å². The highest BCUT2D eigenvalue weighted by atomic mass is 16.3. The van der Waals surface area contributed by atoms with Gasteiger partial charge in [0.15, 0.2) is 0 Å². The summed E-state index contributed by atoms with van der Waals surface area (Å²) < 4.78 is 7.25. The fourth-order valence-corrected chi connectivity index (χ4v) is 2.81. The standard InChI is InChI=1S/C15H22N4O2/c1-12(20)15-11-19(17-16-15)9-13-4-6-18(7-5-13)10-14-3-2-8-21-14/h2-3,8,11-13,20H,4-7,9-10H2,1H3/t12-/m1/s1. The molecule has 1 atom stereocenters. The molecule has 1 saturated heterocycles. The molecule has 6 nitrogen and oxygen atoms in total. The number of aromatic nitrogens is 3. The van der Waals surface area contributed by atoms with Gasteiger partial charge in [0, 0.05) is 6.54 Å². The lowest BCUT2D eigenvalue weighted by Gasteiger charge is -2.31. The van der Waals surface area contributed by atoms with Gasteiger partial charge >= 0.3 is 0 Å². The molecule has 3 heterocycles. The van der Waals surface area contributed by atoms with Crippen molar-refractivity contribution in [3.05, 3.63) is 36.0 Å². The Morgan fingerprint density at radius 3 is 2.86 bits per heavy atom. The van der Waals surface area contributed by atoms with Gasteiger partial charge in [-0.2, -0.15) is 0 Å². The van der Waals surface area contributed by atoms with E-state index in [2.05, 4.69) is 15.2 Å². The molecule has 0 aliphatic carbocycles. The van der Waals surface area contributed by atoms with Gasteiger partial charge in [-0.1, -0.05) is 5.21 Å². The third kappa shape index (κ3) is 3.71. The van der Waals surface area contributed by atoms with Crippen LogP contribution in [-0.4, -0.2) is 38.1 Å². The Kier molecular flexibility index (Phi) is 4.36. The van der Waals surface area contributed by atoms with Crippen LogP contribution in [0.4, 0.5) is 0 Å². The highest BCUT2D eigenvalue weighted by Gasteiger charge is 2.21. The van der Waals surface area contributed by atoms with Crippen molar-refractivity contribution in [1.82, 2.24) is 19.9 Å². The zero-order valence-electron chi connectivity index (χ0n) is 12.4. The molecule has 3 rings (SSSR count). The molecule has 1 N–H and O–H groups in total. The van der Waals surface area contributed by atoms with E-state index in [9.17, 15) is 5.11 Å². The number of aliphatic hydroxyl groups is 1.